The normalized spacial score (nSPS) is 25.1. The SMILES string of the molecule is CC1SCCN(CC(=O)c2ccccc2F)C1C. The quantitative estimate of drug-likeness (QED) is 0.785. The van der Waals surface area contributed by atoms with E-state index in [9.17, 15) is 9.18 Å². The highest BCUT2D eigenvalue weighted by Gasteiger charge is 2.27. The molecule has 1 saturated heterocycles. The van der Waals surface area contributed by atoms with Crippen LogP contribution in [0.5, 0.6) is 0 Å². The zero-order valence-corrected chi connectivity index (χ0v) is 11.5. The molecule has 98 valence electrons. The Morgan fingerprint density at radius 3 is 2.89 bits per heavy atom. The number of carbonyl (C=O) groups excluding carboxylic acids is 1. The molecule has 2 atom stereocenters. The van der Waals surface area contributed by atoms with Gasteiger partial charge in [-0.25, -0.2) is 4.39 Å². The first-order chi connectivity index (χ1) is 8.59. The highest BCUT2D eigenvalue weighted by atomic mass is 32.2. The number of thioether (sulfide) groups is 1. The standard InChI is InChI=1S/C14H18FNOS/c1-10-11(2)18-8-7-16(10)9-14(17)12-5-3-4-6-13(12)15/h3-6,10-11H,7-9H2,1-2H3. The number of benzene rings is 1. The van der Waals surface area contributed by atoms with E-state index in [0.29, 0.717) is 17.8 Å². The van der Waals surface area contributed by atoms with Crippen LogP contribution >= 0.6 is 11.8 Å². The lowest BCUT2D eigenvalue weighted by atomic mass is 10.1. The predicted octanol–water partition coefficient (Wildman–Crippen LogP) is 2.83. The van der Waals surface area contributed by atoms with Gasteiger partial charge in [0.2, 0.25) is 0 Å². The number of ketones is 1. The first kappa shape index (κ1) is 13.6. The number of carbonyl (C=O) groups is 1. The third-order valence-electron chi connectivity index (χ3n) is 3.54. The maximum absolute atomic E-state index is 13.5. The number of hydrogen-bond donors (Lipinski definition) is 0. The summed E-state index contributed by atoms with van der Waals surface area (Å²) in [6.45, 7) is 5.52. The monoisotopic (exact) mass is 267 g/mol. The maximum Gasteiger partial charge on any atom is 0.179 e. The summed E-state index contributed by atoms with van der Waals surface area (Å²) in [6, 6.07) is 6.57. The molecule has 1 aliphatic heterocycles. The molecule has 2 nitrogen and oxygen atoms in total. The molecule has 1 heterocycles. The van der Waals surface area contributed by atoms with E-state index in [1.807, 2.05) is 11.8 Å². The van der Waals surface area contributed by atoms with Crippen LogP contribution in [-0.4, -0.2) is 40.8 Å². The van der Waals surface area contributed by atoms with Crippen molar-refractivity contribution in [2.24, 2.45) is 0 Å². The van der Waals surface area contributed by atoms with Crippen molar-refractivity contribution in [1.82, 2.24) is 4.90 Å². The first-order valence-corrected chi connectivity index (χ1v) is 7.28. The number of Topliss-reactive ketones (excluding diaryl/α,β-unsaturated/α-hetero) is 1. The minimum Gasteiger partial charge on any atom is -0.293 e. The van der Waals surface area contributed by atoms with Crippen LogP contribution in [0.15, 0.2) is 24.3 Å². The summed E-state index contributed by atoms with van der Waals surface area (Å²) in [5.74, 6) is 0.490. The molecule has 0 radical (unpaired) electrons. The van der Waals surface area contributed by atoms with E-state index < -0.39 is 5.82 Å². The zero-order chi connectivity index (χ0) is 13.1. The van der Waals surface area contributed by atoms with Gasteiger partial charge >= 0.3 is 0 Å². The van der Waals surface area contributed by atoms with Crippen molar-refractivity contribution in [1.29, 1.82) is 0 Å². The Hall–Kier alpha value is -0.870. The lowest BCUT2D eigenvalue weighted by molar-refractivity contribution is 0.0898. The lowest BCUT2D eigenvalue weighted by Gasteiger charge is -2.36. The minimum absolute atomic E-state index is 0.126. The highest BCUT2D eigenvalue weighted by molar-refractivity contribution is 8.00. The number of rotatable bonds is 3. The molecule has 0 bridgehead atoms. The van der Waals surface area contributed by atoms with Gasteiger partial charge in [0.25, 0.3) is 0 Å². The predicted molar refractivity (Wildman–Crippen MR) is 73.7 cm³/mol. The van der Waals surface area contributed by atoms with Crippen LogP contribution < -0.4 is 0 Å². The number of nitrogens with zero attached hydrogens (tertiary/aromatic N) is 1. The second-order valence-corrected chi connectivity index (χ2v) is 6.18. The summed E-state index contributed by atoms with van der Waals surface area (Å²) in [4.78, 5) is 14.2. The zero-order valence-electron chi connectivity index (χ0n) is 10.7. The van der Waals surface area contributed by atoms with Gasteiger partial charge in [-0.2, -0.15) is 11.8 Å². The summed E-state index contributed by atoms with van der Waals surface area (Å²) in [6.07, 6.45) is 0. The van der Waals surface area contributed by atoms with E-state index in [2.05, 4.69) is 18.7 Å². The lowest BCUT2D eigenvalue weighted by Crippen LogP contribution is -2.46. The average Bonchev–Trinajstić information content (AvgIpc) is 2.35. The number of halogens is 1. The Labute approximate surface area is 112 Å². The molecular formula is C14H18FNOS. The summed E-state index contributed by atoms with van der Waals surface area (Å²) in [7, 11) is 0. The fraction of sp³-hybridized carbons (Fsp3) is 0.500. The van der Waals surface area contributed by atoms with Crippen molar-refractivity contribution in [3.63, 3.8) is 0 Å². The summed E-state index contributed by atoms with van der Waals surface area (Å²) in [5.41, 5.74) is 0.204. The van der Waals surface area contributed by atoms with Gasteiger partial charge in [0, 0.05) is 23.6 Å². The Morgan fingerprint density at radius 2 is 2.17 bits per heavy atom. The van der Waals surface area contributed by atoms with Crippen molar-refractivity contribution in [3.05, 3.63) is 35.6 Å². The molecule has 0 spiro atoms. The molecule has 0 amide bonds. The van der Waals surface area contributed by atoms with Gasteiger partial charge in [-0.15, -0.1) is 0 Å². The van der Waals surface area contributed by atoms with E-state index in [-0.39, 0.29) is 11.3 Å². The molecule has 18 heavy (non-hydrogen) atoms. The Balaban J connectivity index is 2.05. The largest absolute Gasteiger partial charge is 0.293 e. The van der Waals surface area contributed by atoms with Crippen LogP contribution in [0.2, 0.25) is 0 Å². The first-order valence-electron chi connectivity index (χ1n) is 6.23. The summed E-state index contributed by atoms with van der Waals surface area (Å²) < 4.78 is 13.5. The van der Waals surface area contributed by atoms with E-state index >= 15 is 0 Å². The fourth-order valence-corrected chi connectivity index (χ4v) is 3.34. The van der Waals surface area contributed by atoms with E-state index in [4.69, 9.17) is 0 Å². The van der Waals surface area contributed by atoms with E-state index in [1.165, 1.54) is 6.07 Å². The van der Waals surface area contributed by atoms with Crippen molar-refractivity contribution in [3.8, 4) is 0 Å². The topological polar surface area (TPSA) is 20.3 Å². The Morgan fingerprint density at radius 1 is 1.44 bits per heavy atom. The van der Waals surface area contributed by atoms with Gasteiger partial charge in [0.1, 0.15) is 5.82 Å². The average molecular weight is 267 g/mol. The molecular weight excluding hydrogens is 249 g/mol. The fourth-order valence-electron chi connectivity index (χ4n) is 2.18. The third kappa shape index (κ3) is 2.93. The minimum atomic E-state index is -0.422. The van der Waals surface area contributed by atoms with Crippen molar-refractivity contribution < 1.29 is 9.18 Å². The molecule has 1 aromatic carbocycles. The van der Waals surface area contributed by atoms with Crippen molar-refractivity contribution in [2.75, 3.05) is 18.8 Å². The second-order valence-electron chi connectivity index (χ2n) is 4.69. The smallest absolute Gasteiger partial charge is 0.179 e. The molecule has 2 rings (SSSR count). The van der Waals surface area contributed by atoms with Crippen LogP contribution in [0.25, 0.3) is 0 Å². The molecule has 4 heteroatoms. The van der Waals surface area contributed by atoms with Crippen molar-refractivity contribution >= 4 is 17.5 Å². The van der Waals surface area contributed by atoms with Gasteiger partial charge in [-0.05, 0) is 19.1 Å². The van der Waals surface area contributed by atoms with E-state index in [0.717, 1.165) is 12.3 Å². The summed E-state index contributed by atoms with van der Waals surface area (Å²) >= 11 is 1.93. The molecule has 1 aromatic rings. The molecule has 0 aliphatic carbocycles. The highest BCUT2D eigenvalue weighted by Crippen LogP contribution is 2.24. The summed E-state index contributed by atoms with van der Waals surface area (Å²) in [5, 5.41) is 0.521. The van der Waals surface area contributed by atoms with Crippen LogP contribution in [0.1, 0.15) is 24.2 Å². The van der Waals surface area contributed by atoms with Gasteiger partial charge in [-0.3, -0.25) is 9.69 Å². The van der Waals surface area contributed by atoms with Gasteiger partial charge in [-0.1, -0.05) is 19.1 Å². The van der Waals surface area contributed by atoms with Gasteiger partial charge in [0.05, 0.1) is 12.1 Å². The van der Waals surface area contributed by atoms with Crippen LogP contribution in [0.3, 0.4) is 0 Å². The van der Waals surface area contributed by atoms with E-state index in [1.54, 1.807) is 18.2 Å². The Kier molecular flexibility index (Phi) is 4.40. The molecule has 2 unspecified atom stereocenters. The van der Waals surface area contributed by atoms with Gasteiger partial charge < -0.3 is 0 Å². The van der Waals surface area contributed by atoms with Crippen molar-refractivity contribution in [2.45, 2.75) is 25.1 Å². The molecule has 0 aromatic heterocycles. The maximum atomic E-state index is 13.5. The van der Waals surface area contributed by atoms with Crippen LogP contribution in [-0.2, 0) is 0 Å². The molecule has 0 saturated carbocycles. The van der Waals surface area contributed by atoms with Gasteiger partial charge in [0.15, 0.2) is 5.78 Å². The third-order valence-corrected chi connectivity index (χ3v) is 4.87. The van der Waals surface area contributed by atoms with Crippen LogP contribution in [0.4, 0.5) is 4.39 Å². The Bertz CT molecular complexity index is 438. The second kappa shape index (κ2) is 5.85. The van der Waals surface area contributed by atoms with Crippen LogP contribution in [0, 0.1) is 5.82 Å². The molecule has 1 aliphatic rings. The molecule has 1 fully saturated rings. The molecule has 0 N–H and O–H groups in total. The number of hydrogen-bond acceptors (Lipinski definition) is 3.